The number of allylic oxidation sites excluding steroid dienone is 1. The van der Waals surface area contributed by atoms with E-state index in [4.69, 9.17) is 0 Å². The van der Waals surface area contributed by atoms with E-state index in [1.54, 1.807) is 0 Å². The van der Waals surface area contributed by atoms with E-state index in [-0.39, 0.29) is 5.92 Å². The zero-order valence-electron chi connectivity index (χ0n) is 17.7. The second-order valence-corrected chi connectivity index (χ2v) is 8.97. The summed E-state index contributed by atoms with van der Waals surface area (Å²) in [5.41, 5.74) is 5.89. The molecule has 0 saturated carbocycles. The Balaban J connectivity index is 1.65. The Hall–Kier alpha value is -2.74. The Labute approximate surface area is 173 Å². The standard InChI is InChI=1S/C27H30O2/c1-16(2)23-13-22-11-19(9-17(3)24(22)15-27(23)29)10-18(4)25-12-20-7-5-6-8-21(20)14-26(25)28/h5-8,11-18,28-29H,9-10H2,1-4H3. The molecule has 0 bridgehead atoms. The lowest BCUT2D eigenvalue weighted by atomic mass is 9.79. The van der Waals surface area contributed by atoms with Gasteiger partial charge in [0.05, 0.1) is 0 Å². The molecule has 1 aliphatic carbocycles. The van der Waals surface area contributed by atoms with Crippen LogP contribution in [0.4, 0.5) is 0 Å². The molecular weight excluding hydrogens is 356 g/mol. The zero-order chi connectivity index (χ0) is 20.7. The molecule has 0 heterocycles. The molecule has 0 radical (unpaired) electrons. The fourth-order valence-electron chi connectivity index (χ4n) is 4.72. The monoisotopic (exact) mass is 386 g/mol. The SMILES string of the molecule is CC(C)c1cc2c(cc1O)C(C)CC(CC(C)c1cc3ccccc3cc1O)=C2. The third-order valence-electron chi connectivity index (χ3n) is 6.31. The van der Waals surface area contributed by atoms with Gasteiger partial charge in [-0.25, -0.2) is 0 Å². The van der Waals surface area contributed by atoms with Crippen LogP contribution >= 0.6 is 0 Å². The van der Waals surface area contributed by atoms with Crippen molar-refractivity contribution in [2.24, 2.45) is 0 Å². The quantitative estimate of drug-likeness (QED) is 0.488. The van der Waals surface area contributed by atoms with Crippen molar-refractivity contribution in [1.82, 2.24) is 0 Å². The van der Waals surface area contributed by atoms with Crippen molar-refractivity contribution in [3.63, 3.8) is 0 Å². The van der Waals surface area contributed by atoms with Crippen molar-refractivity contribution in [3.05, 3.63) is 76.4 Å². The van der Waals surface area contributed by atoms with E-state index in [1.165, 1.54) is 22.1 Å². The first-order chi connectivity index (χ1) is 13.8. The maximum absolute atomic E-state index is 10.6. The van der Waals surface area contributed by atoms with Crippen LogP contribution in [0.25, 0.3) is 16.8 Å². The molecule has 150 valence electrons. The molecule has 3 aromatic carbocycles. The van der Waals surface area contributed by atoms with E-state index in [0.717, 1.165) is 29.4 Å². The van der Waals surface area contributed by atoms with Crippen molar-refractivity contribution in [2.45, 2.75) is 58.3 Å². The summed E-state index contributed by atoms with van der Waals surface area (Å²) in [6, 6.07) is 16.3. The predicted molar refractivity (Wildman–Crippen MR) is 122 cm³/mol. The predicted octanol–water partition coefficient (Wildman–Crippen LogP) is 7.46. The van der Waals surface area contributed by atoms with Gasteiger partial charge in [-0.2, -0.15) is 0 Å². The minimum Gasteiger partial charge on any atom is -0.508 e. The van der Waals surface area contributed by atoms with Crippen LogP contribution in [0, 0.1) is 0 Å². The molecular formula is C27H30O2. The van der Waals surface area contributed by atoms with Crippen molar-refractivity contribution in [1.29, 1.82) is 0 Å². The molecule has 0 aliphatic heterocycles. The molecule has 29 heavy (non-hydrogen) atoms. The Morgan fingerprint density at radius 3 is 2.24 bits per heavy atom. The number of fused-ring (bicyclic) bond motifs is 2. The van der Waals surface area contributed by atoms with E-state index < -0.39 is 0 Å². The second kappa shape index (κ2) is 7.59. The largest absolute Gasteiger partial charge is 0.508 e. The molecule has 0 fully saturated rings. The van der Waals surface area contributed by atoms with Gasteiger partial charge in [-0.1, -0.05) is 63.6 Å². The average Bonchev–Trinajstić information content (AvgIpc) is 2.67. The van der Waals surface area contributed by atoms with E-state index in [2.05, 4.69) is 52.0 Å². The Morgan fingerprint density at radius 2 is 1.55 bits per heavy atom. The van der Waals surface area contributed by atoms with Gasteiger partial charge in [0.2, 0.25) is 0 Å². The van der Waals surface area contributed by atoms with Crippen LogP contribution in [0.3, 0.4) is 0 Å². The summed E-state index contributed by atoms with van der Waals surface area (Å²) in [4.78, 5) is 0. The first-order valence-electron chi connectivity index (χ1n) is 10.6. The lowest BCUT2D eigenvalue weighted by molar-refractivity contribution is 0.461. The number of hydrogen-bond donors (Lipinski definition) is 2. The molecule has 2 N–H and O–H groups in total. The van der Waals surface area contributed by atoms with Crippen LogP contribution < -0.4 is 0 Å². The third kappa shape index (κ3) is 3.76. The lowest BCUT2D eigenvalue weighted by Gasteiger charge is -2.26. The highest BCUT2D eigenvalue weighted by molar-refractivity contribution is 5.85. The number of aromatic hydroxyl groups is 2. The highest BCUT2D eigenvalue weighted by Crippen LogP contribution is 2.42. The summed E-state index contributed by atoms with van der Waals surface area (Å²) in [7, 11) is 0. The summed E-state index contributed by atoms with van der Waals surface area (Å²) in [6.45, 7) is 8.66. The Bertz CT molecular complexity index is 1090. The number of rotatable bonds is 4. The van der Waals surface area contributed by atoms with Gasteiger partial charge in [-0.05, 0) is 87.9 Å². The molecule has 0 spiro atoms. The minimum atomic E-state index is 0.237. The van der Waals surface area contributed by atoms with Crippen molar-refractivity contribution in [3.8, 4) is 11.5 Å². The van der Waals surface area contributed by atoms with Crippen molar-refractivity contribution < 1.29 is 10.2 Å². The molecule has 3 aromatic rings. The molecule has 2 heteroatoms. The van der Waals surface area contributed by atoms with Gasteiger partial charge in [0.25, 0.3) is 0 Å². The normalized spacial score (nSPS) is 17.3. The molecule has 2 atom stereocenters. The van der Waals surface area contributed by atoms with Crippen molar-refractivity contribution in [2.75, 3.05) is 0 Å². The fraction of sp³-hybridized carbons (Fsp3) is 0.333. The summed E-state index contributed by atoms with van der Waals surface area (Å²) in [6.07, 6.45) is 4.22. The van der Waals surface area contributed by atoms with Crippen LogP contribution in [-0.2, 0) is 0 Å². The molecule has 0 saturated heterocycles. The Morgan fingerprint density at radius 1 is 0.897 bits per heavy atom. The molecule has 0 aromatic heterocycles. The van der Waals surface area contributed by atoms with Gasteiger partial charge in [0, 0.05) is 0 Å². The van der Waals surface area contributed by atoms with Crippen LogP contribution in [0.15, 0.2) is 54.1 Å². The summed E-state index contributed by atoms with van der Waals surface area (Å²) >= 11 is 0. The number of benzene rings is 3. The van der Waals surface area contributed by atoms with Gasteiger partial charge >= 0.3 is 0 Å². The molecule has 2 unspecified atom stereocenters. The maximum atomic E-state index is 10.6. The van der Waals surface area contributed by atoms with Gasteiger partial charge in [-0.15, -0.1) is 0 Å². The Kier molecular flexibility index (Phi) is 5.12. The second-order valence-electron chi connectivity index (χ2n) is 8.97. The summed E-state index contributed by atoms with van der Waals surface area (Å²) in [5.74, 6) is 1.71. The first-order valence-corrected chi connectivity index (χ1v) is 10.6. The van der Waals surface area contributed by atoms with Crippen LogP contribution in [0.5, 0.6) is 11.5 Å². The average molecular weight is 387 g/mol. The fourth-order valence-corrected chi connectivity index (χ4v) is 4.72. The topological polar surface area (TPSA) is 40.5 Å². The first kappa shape index (κ1) is 19.6. The highest BCUT2D eigenvalue weighted by atomic mass is 16.3. The summed E-state index contributed by atoms with van der Waals surface area (Å²) in [5, 5.41) is 23.2. The van der Waals surface area contributed by atoms with Crippen LogP contribution in [0.2, 0.25) is 0 Å². The van der Waals surface area contributed by atoms with Gasteiger partial charge in [-0.3, -0.25) is 0 Å². The summed E-state index contributed by atoms with van der Waals surface area (Å²) < 4.78 is 0. The third-order valence-corrected chi connectivity index (χ3v) is 6.31. The number of phenolic OH excluding ortho intramolecular Hbond substituents is 2. The van der Waals surface area contributed by atoms with Crippen molar-refractivity contribution >= 4 is 16.8 Å². The van der Waals surface area contributed by atoms with Gasteiger partial charge < -0.3 is 10.2 Å². The van der Waals surface area contributed by atoms with Gasteiger partial charge in [0.15, 0.2) is 0 Å². The van der Waals surface area contributed by atoms with E-state index in [1.807, 2.05) is 30.3 Å². The molecule has 0 amide bonds. The van der Waals surface area contributed by atoms with Crippen LogP contribution in [-0.4, -0.2) is 10.2 Å². The van der Waals surface area contributed by atoms with E-state index in [0.29, 0.717) is 23.3 Å². The molecule has 4 rings (SSSR count). The molecule has 1 aliphatic rings. The van der Waals surface area contributed by atoms with Gasteiger partial charge in [0.1, 0.15) is 11.5 Å². The highest BCUT2D eigenvalue weighted by Gasteiger charge is 2.22. The molecule has 2 nitrogen and oxygen atoms in total. The minimum absolute atomic E-state index is 0.237. The zero-order valence-corrected chi connectivity index (χ0v) is 17.7. The van der Waals surface area contributed by atoms with Crippen LogP contribution in [0.1, 0.15) is 80.5 Å². The van der Waals surface area contributed by atoms with E-state index >= 15 is 0 Å². The lowest BCUT2D eigenvalue weighted by Crippen LogP contribution is -2.08. The maximum Gasteiger partial charge on any atom is 0.119 e. The number of hydrogen-bond acceptors (Lipinski definition) is 2. The smallest absolute Gasteiger partial charge is 0.119 e. The number of phenols is 2. The van der Waals surface area contributed by atoms with E-state index in [9.17, 15) is 10.2 Å².